The van der Waals surface area contributed by atoms with E-state index >= 15 is 0 Å². The van der Waals surface area contributed by atoms with E-state index in [0.29, 0.717) is 42.7 Å². The Labute approximate surface area is 287 Å². The zero-order chi connectivity index (χ0) is 34.5. The van der Waals surface area contributed by atoms with Gasteiger partial charge >= 0.3 is 6.09 Å². The van der Waals surface area contributed by atoms with Gasteiger partial charge in [-0.3, -0.25) is 14.7 Å². The quantitative estimate of drug-likeness (QED) is 0.320. The number of piperidine rings is 1. The Morgan fingerprint density at radius 1 is 0.980 bits per heavy atom. The van der Waals surface area contributed by atoms with Crippen LogP contribution in [-0.2, 0) is 11.3 Å². The zero-order valence-electron chi connectivity index (χ0n) is 28.6. The van der Waals surface area contributed by atoms with Gasteiger partial charge in [0.1, 0.15) is 5.82 Å². The number of piperazine rings is 1. The van der Waals surface area contributed by atoms with Gasteiger partial charge in [0, 0.05) is 51.2 Å². The highest BCUT2D eigenvalue weighted by Crippen LogP contribution is 2.45. The molecule has 11 heteroatoms. The van der Waals surface area contributed by atoms with Gasteiger partial charge in [0.25, 0.3) is 0 Å². The first-order valence-electron chi connectivity index (χ1n) is 16.8. The first kappa shape index (κ1) is 34.1. The van der Waals surface area contributed by atoms with Crippen molar-refractivity contribution in [1.29, 1.82) is 0 Å². The lowest BCUT2D eigenvalue weighted by atomic mass is 10.00. The highest BCUT2D eigenvalue weighted by Gasteiger charge is 2.30. The van der Waals surface area contributed by atoms with Crippen molar-refractivity contribution < 1.29 is 28.2 Å². The second-order valence-electron chi connectivity index (χ2n) is 12.8. The number of hydrogen-bond acceptors (Lipinski definition) is 8. The van der Waals surface area contributed by atoms with E-state index < -0.39 is 6.09 Å². The Morgan fingerprint density at radius 3 is 2.35 bits per heavy atom. The number of carbonyl (C=O) groups is 2. The zero-order valence-corrected chi connectivity index (χ0v) is 28.6. The Morgan fingerprint density at radius 2 is 1.69 bits per heavy atom. The lowest BCUT2D eigenvalue weighted by Crippen LogP contribution is -2.54. The topological polar surface area (TPSA) is 96.5 Å². The van der Waals surface area contributed by atoms with Gasteiger partial charge in [0.2, 0.25) is 11.7 Å². The van der Waals surface area contributed by atoms with Crippen LogP contribution in [0.3, 0.4) is 0 Å². The van der Waals surface area contributed by atoms with Gasteiger partial charge in [-0.05, 0) is 115 Å². The number of likely N-dealkylation sites (tertiary alicyclic amines) is 1. The summed E-state index contributed by atoms with van der Waals surface area (Å²) in [5, 5.41) is 2.94. The van der Waals surface area contributed by atoms with Crippen LogP contribution in [0.1, 0.15) is 48.4 Å². The minimum Gasteiger partial charge on any atom is -0.493 e. The predicted octanol–water partition coefficient (Wildman–Crippen LogP) is 5.48. The maximum atomic E-state index is 14.5. The van der Waals surface area contributed by atoms with E-state index in [9.17, 15) is 14.0 Å². The molecule has 10 nitrogen and oxygen atoms in total. The highest BCUT2D eigenvalue weighted by molar-refractivity contribution is 6.08. The van der Waals surface area contributed by atoms with Crippen LogP contribution in [0.25, 0.3) is 17.2 Å². The maximum absolute atomic E-state index is 14.5. The SMILES string of the molecule is COc1cc(C=C2C(C)=C(CC(=O)NCc3cccnc3)c3cc(F)ccc32)cc(OC)c1OC(=O)N1CCN(C2CCN(C)CC2)CC1. The molecule has 3 aliphatic rings. The number of nitrogens with zero attached hydrogens (tertiary/aromatic N) is 4. The lowest BCUT2D eigenvalue weighted by molar-refractivity contribution is -0.120. The third-order valence-electron chi connectivity index (χ3n) is 9.76. The van der Waals surface area contributed by atoms with Crippen LogP contribution in [0.5, 0.6) is 17.2 Å². The van der Waals surface area contributed by atoms with Crippen LogP contribution in [0.2, 0.25) is 0 Å². The van der Waals surface area contributed by atoms with Crippen LogP contribution >= 0.6 is 0 Å². The minimum absolute atomic E-state index is 0.0910. The average Bonchev–Trinajstić information content (AvgIpc) is 3.36. The van der Waals surface area contributed by atoms with E-state index in [1.165, 1.54) is 26.4 Å². The largest absolute Gasteiger partial charge is 0.493 e. The number of halogens is 1. The molecule has 49 heavy (non-hydrogen) atoms. The molecule has 0 radical (unpaired) electrons. The number of pyridine rings is 1. The number of rotatable bonds is 9. The van der Waals surface area contributed by atoms with Gasteiger partial charge in [-0.25, -0.2) is 9.18 Å². The van der Waals surface area contributed by atoms with Gasteiger partial charge in [-0.2, -0.15) is 0 Å². The summed E-state index contributed by atoms with van der Waals surface area (Å²) in [4.78, 5) is 37.0. The van der Waals surface area contributed by atoms with E-state index in [-0.39, 0.29) is 23.9 Å². The normalized spacial score (nSPS) is 18.1. The number of carbonyl (C=O) groups excluding carboxylic acids is 2. The Hall–Kier alpha value is -4.74. The van der Waals surface area contributed by atoms with Gasteiger partial charge < -0.3 is 29.3 Å². The van der Waals surface area contributed by atoms with Crippen molar-refractivity contribution in [3.05, 3.63) is 88.5 Å². The van der Waals surface area contributed by atoms with E-state index in [4.69, 9.17) is 14.2 Å². The van der Waals surface area contributed by atoms with Crippen molar-refractivity contribution in [3.8, 4) is 17.2 Å². The highest BCUT2D eigenvalue weighted by atomic mass is 19.1. The summed E-state index contributed by atoms with van der Waals surface area (Å²) in [6.45, 7) is 7.31. The molecule has 2 fully saturated rings. The molecular formula is C38H44FN5O5. The standard InChI is InChI=1S/C38H44FN5O5/c1-25-31(30-8-7-28(39)21-33(30)32(25)22-36(45)41-24-26-6-5-11-40-23-26)18-27-19-34(47-3)37(35(20-27)48-4)49-38(46)44-16-14-43(15-17-44)29-9-12-42(2)13-10-29/h5-8,11,18-21,23,29H,9-10,12-17,22,24H2,1-4H3,(H,41,45). The van der Waals surface area contributed by atoms with Gasteiger partial charge in [0.15, 0.2) is 11.5 Å². The maximum Gasteiger partial charge on any atom is 0.415 e. The fourth-order valence-corrected chi connectivity index (χ4v) is 6.94. The average molecular weight is 670 g/mol. The summed E-state index contributed by atoms with van der Waals surface area (Å²) in [6, 6.07) is 12.5. The van der Waals surface area contributed by atoms with Gasteiger partial charge in [-0.1, -0.05) is 12.1 Å². The molecule has 2 aromatic carbocycles. The molecule has 0 unspecified atom stereocenters. The van der Waals surface area contributed by atoms with E-state index in [1.807, 2.05) is 25.1 Å². The Kier molecular flexibility index (Phi) is 10.6. The van der Waals surface area contributed by atoms with Crippen LogP contribution in [0, 0.1) is 5.82 Å². The van der Waals surface area contributed by atoms with Crippen molar-refractivity contribution in [2.45, 2.75) is 38.8 Å². The summed E-state index contributed by atoms with van der Waals surface area (Å²) in [6.07, 6.45) is 7.29. The number of aromatic nitrogens is 1. The van der Waals surface area contributed by atoms with Gasteiger partial charge in [0.05, 0.1) is 20.6 Å². The van der Waals surface area contributed by atoms with E-state index in [1.54, 1.807) is 35.5 Å². The minimum atomic E-state index is -0.442. The van der Waals surface area contributed by atoms with E-state index in [2.05, 4.69) is 27.1 Å². The second-order valence-corrected chi connectivity index (χ2v) is 12.8. The summed E-state index contributed by atoms with van der Waals surface area (Å²) >= 11 is 0. The van der Waals surface area contributed by atoms with Crippen LogP contribution in [0.15, 0.2) is 60.4 Å². The molecule has 6 rings (SSSR count). The van der Waals surface area contributed by atoms with Crippen LogP contribution in [0.4, 0.5) is 9.18 Å². The van der Waals surface area contributed by atoms with Gasteiger partial charge in [-0.15, -0.1) is 0 Å². The fourth-order valence-electron chi connectivity index (χ4n) is 6.94. The van der Waals surface area contributed by atoms with Crippen LogP contribution in [-0.4, -0.2) is 98.3 Å². The van der Waals surface area contributed by atoms with E-state index in [0.717, 1.165) is 72.4 Å². The van der Waals surface area contributed by atoms with Crippen molar-refractivity contribution in [2.75, 3.05) is 60.5 Å². The van der Waals surface area contributed by atoms with Crippen molar-refractivity contribution in [1.82, 2.24) is 25.0 Å². The molecule has 1 N–H and O–H groups in total. The van der Waals surface area contributed by atoms with Crippen molar-refractivity contribution in [3.63, 3.8) is 0 Å². The second kappa shape index (κ2) is 15.2. The smallest absolute Gasteiger partial charge is 0.415 e. The molecule has 258 valence electrons. The first-order chi connectivity index (χ1) is 23.7. The third-order valence-corrected chi connectivity index (χ3v) is 9.76. The summed E-state index contributed by atoms with van der Waals surface area (Å²) in [5.41, 5.74) is 5.59. The summed E-state index contributed by atoms with van der Waals surface area (Å²) < 4.78 is 31.8. The number of fused-ring (bicyclic) bond motifs is 1. The predicted molar refractivity (Wildman–Crippen MR) is 187 cm³/mol. The summed E-state index contributed by atoms with van der Waals surface area (Å²) in [7, 11) is 5.20. The molecule has 2 amide bonds. The monoisotopic (exact) mass is 669 g/mol. The molecule has 0 saturated carbocycles. The number of amides is 2. The van der Waals surface area contributed by atoms with Crippen LogP contribution < -0.4 is 19.5 Å². The Balaban J connectivity index is 1.19. The molecule has 0 bridgehead atoms. The number of nitrogens with one attached hydrogen (secondary N) is 1. The third kappa shape index (κ3) is 7.79. The molecule has 3 aromatic rings. The molecule has 2 aliphatic heterocycles. The lowest BCUT2D eigenvalue weighted by Gasteiger charge is -2.41. The fraction of sp³-hybridized carbons (Fsp3) is 0.395. The number of benzene rings is 2. The first-order valence-corrected chi connectivity index (χ1v) is 16.8. The Bertz CT molecular complexity index is 1720. The molecule has 0 spiro atoms. The molecule has 1 aliphatic carbocycles. The number of methoxy groups -OCH3 is 2. The number of allylic oxidation sites excluding steroid dienone is 2. The molecular weight excluding hydrogens is 625 g/mol. The molecule has 3 heterocycles. The van der Waals surface area contributed by atoms with Crippen molar-refractivity contribution in [2.24, 2.45) is 0 Å². The number of hydrogen-bond donors (Lipinski definition) is 1. The van der Waals surface area contributed by atoms with Crippen molar-refractivity contribution >= 4 is 29.2 Å². The molecule has 0 atom stereocenters. The molecule has 2 saturated heterocycles. The number of ether oxygens (including phenoxy) is 3. The molecule has 1 aromatic heterocycles. The summed E-state index contributed by atoms with van der Waals surface area (Å²) in [5.74, 6) is 0.352.